The number of halogens is 2. The smallest absolute Gasteiger partial charge is 0.323 e. The molecule has 0 bridgehead atoms. The van der Waals surface area contributed by atoms with E-state index in [9.17, 15) is 13.6 Å². The molecule has 1 N–H and O–H groups in total. The van der Waals surface area contributed by atoms with E-state index in [1.54, 1.807) is 11.8 Å². The minimum Gasteiger partial charge on any atom is -0.480 e. The van der Waals surface area contributed by atoms with E-state index in [1.807, 2.05) is 0 Å². The van der Waals surface area contributed by atoms with Gasteiger partial charge in [-0.25, -0.2) is 8.78 Å². The molecule has 0 amide bonds. The summed E-state index contributed by atoms with van der Waals surface area (Å²) >= 11 is 0. The molecule has 1 aromatic rings. The van der Waals surface area contributed by atoms with E-state index in [2.05, 4.69) is 0 Å². The molecular weight excluding hydrogens is 240 g/mol. The lowest BCUT2D eigenvalue weighted by Crippen LogP contribution is -2.49. The Morgan fingerprint density at radius 3 is 2.50 bits per heavy atom. The number of nitrogens with zero attached hydrogens (tertiary/aromatic N) is 1. The second-order valence-electron chi connectivity index (χ2n) is 4.61. The molecule has 0 fully saturated rings. The summed E-state index contributed by atoms with van der Waals surface area (Å²) in [6, 6.07) is 3.18. The van der Waals surface area contributed by atoms with Gasteiger partial charge in [0, 0.05) is 12.1 Å². The molecule has 18 heavy (non-hydrogen) atoms. The van der Waals surface area contributed by atoms with Crippen LogP contribution < -0.4 is 0 Å². The van der Waals surface area contributed by atoms with Crippen LogP contribution in [-0.4, -0.2) is 28.1 Å². The number of hydrogen-bond acceptors (Lipinski definition) is 2. The third-order valence-electron chi connectivity index (χ3n) is 3.06. The quantitative estimate of drug-likeness (QED) is 0.881. The van der Waals surface area contributed by atoms with Gasteiger partial charge in [0.25, 0.3) is 0 Å². The van der Waals surface area contributed by atoms with Crippen molar-refractivity contribution in [1.82, 2.24) is 4.90 Å². The van der Waals surface area contributed by atoms with Gasteiger partial charge >= 0.3 is 5.97 Å². The Hall–Kier alpha value is -1.49. The van der Waals surface area contributed by atoms with Gasteiger partial charge in [0.15, 0.2) is 0 Å². The first-order valence-corrected chi connectivity index (χ1v) is 5.71. The predicted molar refractivity (Wildman–Crippen MR) is 64.2 cm³/mol. The van der Waals surface area contributed by atoms with E-state index in [4.69, 9.17) is 5.11 Å². The summed E-state index contributed by atoms with van der Waals surface area (Å²) in [6.45, 7) is 5.34. The van der Waals surface area contributed by atoms with Gasteiger partial charge in [0.1, 0.15) is 17.2 Å². The highest BCUT2D eigenvalue weighted by Crippen LogP contribution is 2.20. The van der Waals surface area contributed by atoms with Gasteiger partial charge in [-0.3, -0.25) is 9.69 Å². The highest BCUT2D eigenvalue weighted by Gasteiger charge is 2.33. The highest BCUT2D eigenvalue weighted by molar-refractivity contribution is 5.77. The number of carbonyl (C=O) groups is 1. The van der Waals surface area contributed by atoms with Crippen LogP contribution in [0.5, 0.6) is 0 Å². The third-order valence-corrected chi connectivity index (χ3v) is 3.06. The maximum absolute atomic E-state index is 13.5. The molecule has 1 rings (SSSR count). The van der Waals surface area contributed by atoms with E-state index in [0.717, 1.165) is 18.2 Å². The fraction of sp³-hybridized carbons (Fsp3) is 0.462. The molecule has 0 heterocycles. The molecule has 5 heteroatoms. The summed E-state index contributed by atoms with van der Waals surface area (Å²) in [6.07, 6.45) is 0. The minimum absolute atomic E-state index is 0.0550. The highest BCUT2D eigenvalue weighted by atomic mass is 19.1. The van der Waals surface area contributed by atoms with Crippen LogP contribution in [0.1, 0.15) is 26.3 Å². The van der Waals surface area contributed by atoms with Crippen LogP contribution in [0.3, 0.4) is 0 Å². The monoisotopic (exact) mass is 257 g/mol. The molecule has 0 unspecified atom stereocenters. The van der Waals surface area contributed by atoms with Crippen molar-refractivity contribution in [3.63, 3.8) is 0 Å². The summed E-state index contributed by atoms with van der Waals surface area (Å²) in [5.41, 5.74) is -0.973. The average Bonchev–Trinajstić information content (AvgIpc) is 2.29. The third kappa shape index (κ3) is 3.04. The van der Waals surface area contributed by atoms with Crippen LogP contribution in [0, 0.1) is 11.6 Å². The molecule has 0 aliphatic carbocycles. The zero-order valence-corrected chi connectivity index (χ0v) is 10.7. The maximum Gasteiger partial charge on any atom is 0.323 e. The van der Waals surface area contributed by atoms with Gasteiger partial charge in [0.05, 0.1) is 0 Å². The molecule has 0 aliphatic rings. The fourth-order valence-electron chi connectivity index (χ4n) is 1.71. The lowest BCUT2D eigenvalue weighted by molar-refractivity contribution is -0.149. The molecule has 1 aromatic carbocycles. The number of carboxylic acids is 1. The van der Waals surface area contributed by atoms with Gasteiger partial charge in [-0.15, -0.1) is 0 Å². The molecule has 3 nitrogen and oxygen atoms in total. The molecule has 0 saturated heterocycles. The number of hydrogen-bond donors (Lipinski definition) is 1. The molecule has 0 aliphatic heterocycles. The van der Waals surface area contributed by atoms with Crippen molar-refractivity contribution in [2.45, 2.75) is 32.9 Å². The Bertz CT molecular complexity index is 447. The van der Waals surface area contributed by atoms with Crippen molar-refractivity contribution in [1.29, 1.82) is 0 Å². The van der Waals surface area contributed by atoms with E-state index >= 15 is 0 Å². The van der Waals surface area contributed by atoms with Crippen molar-refractivity contribution in [2.24, 2.45) is 0 Å². The number of carboxylic acid groups (broad SMARTS) is 1. The van der Waals surface area contributed by atoms with Crippen molar-refractivity contribution >= 4 is 5.97 Å². The molecule has 0 atom stereocenters. The molecule has 0 aromatic heterocycles. The molecule has 100 valence electrons. The van der Waals surface area contributed by atoms with Crippen LogP contribution in [0.4, 0.5) is 8.78 Å². The predicted octanol–water partition coefficient (Wildman–Crippen LogP) is 2.65. The van der Waals surface area contributed by atoms with Crippen LogP contribution in [0.25, 0.3) is 0 Å². The molecule has 0 spiro atoms. The maximum atomic E-state index is 13.5. The Labute approximate surface area is 105 Å². The van der Waals surface area contributed by atoms with Crippen molar-refractivity contribution < 1.29 is 18.7 Å². The van der Waals surface area contributed by atoms with E-state index in [1.165, 1.54) is 13.8 Å². The lowest BCUT2D eigenvalue weighted by atomic mass is 10.0. The summed E-state index contributed by atoms with van der Waals surface area (Å²) in [5.74, 6) is -2.06. The minimum atomic E-state index is -1.13. The first-order valence-electron chi connectivity index (χ1n) is 5.71. The number of rotatable bonds is 5. The van der Waals surface area contributed by atoms with Gasteiger partial charge in [0.2, 0.25) is 0 Å². The Morgan fingerprint density at radius 2 is 2.00 bits per heavy atom. The second-order valence-corrected chi connectivity index (χ2v) is 4.61. The first kappa shape index (κ1) is 14.6. The van der Waals surface area contributed by atoms with Crippen LogP contribution in [-0.2, 0) is 11.3 Å². The van der Waals surface area contributed by atoms with Crippen molar-refractivity contribution in [3.05, 3.63) is 35.4 Å². The zero-order valence-electron chi connectivity index (χ0n) is 10.7. The number of likely N-dealkylation sites (N-methyl/N-ethyl adjacent to an activating group) is 1. The second kappa shape index (κ2) is 5.44. The SMILES string of the molecule is CCN(Cc1cc(F)ccc1F)C(C)(C)C(=O)O. The summed E-state index contributed by atoms with van der Waals surface area (Å²) in [4.78, 5) is 12.7. The van der Waals surface area contributed by atoms with E-state index < -0.39 is 23.1 Å². The largest absolute Gasteiger partial charge is 0.480 e. The summed E-state index contributed by atoms with van der Waals surface area (Å²) in [7, 11) is 0. The van der Waals surface area contributed by atoms with Gasteiger partial charge < -0.3 is 5.11 Å². The summed E-state index contributed by atoms with van der Waals surface area (Å²) < 4.78 is 26.6. The molecular formula is C13H17F2NO2. The topological polar surface area (TPSA) is 40.5 Å². The molecule has 0 radical (unpaired) electrons. The fourth-order valence-corrected chi connectivity index (χ4v) is 1.71. The van der Waals surface area contributed by atoms with Gasteiger partial charge in [-0.2, -0.15) is 0 Å². The first-order chi connectivity index (χ1) is 8.28. The average molecular weight is 257 g/mol. The van der Waals surface area contributed by atoms with Crippen LogP contribution >= 0.6 is 0 Å². The standard InChI is InChI=1S/C13H17F2NO2/c1-4-16(13(2,3)12(17)18)8-9-7-10(14)5-6-11(9)15/h5-7H,4,8H2,1-3H3,(H,17,18). The van der Waals surface area contributed by atoms with Crippen LogP contribution in [0.2, 0.25) is 0 Å². The Balaban J connectivity index is 3.00. The van der Waals surface area contributed by atoms with Crippen molar-refractivity contribution in [2.75, 3.05) is 6.54 Å². The van der Waals surface area contributed by atoms with Gasteiger partial charge in [-0.1, -0.05) is 6.92 Å². The lowest BCUT2D eigenvalue weighted by Gasteiger charge is -2.34. The van der Waals surface area contributed by atoms with Crippen LogP contribution in [0.15, 0.2) is 18.2 Å². The van der Waals surface area contributed by atoms with E-state index in [0.29, 0.717) is 6.54 Å². The van der Waals surface area contributed by atoms with E-state index in [-0.39, 0.29) is 12.1 Å². The Kier molecular flexibility index (Phi) is 4.40. The summed E-state index contributed by atoms with van der Waals surface area (Å²) in [5, 5.41) is 9.14. The number of aliphatic carboxylic acids is 1. The normalized spacial score (nSPS) is 11.9. The number of benzene rings is 1. The molecule has 0 saturated carbocycles. The van der Waals surface area contributed by atoms with Gasteiger partial charge in [-0.05, 0) is 38.6 Å². The zero-order chi connectivity index (χ0) is 13.9. The van der Waals surface area contributed by atoms with Crippen molar-refractivity contribution in [3.8, 4) is 0 Å². The Morgan fingerprint density at radius 1 is 1.39 bits per heavy atom.